The fourth-order valence-electron chi connectivity index (χ4n) is 4.51. The van der Waals surface area contributed by atoms with Gasteiger partial charge in [-0.25, -0.2) is 4.68 Å². The molecule has 0 saturated carbocycles. The number of methoxy groups -OCH3 is 3. The number of carbonyl (C=O) groups excluding carboxylic acids is 2. The summed E-state index contributed by atoms with van der Waals surface area (Å²) in [5, 5.41) is 11.4. The molecule has 210 valence electrons. The summed E-state index contributed by atoms with van der Waals surface area (Å²) in [6.07, 6.45) is 0.790. The van der Waals surface area contributed by atoms with Crippen LogP contribution in [0.4, 0.5) is 5.69 Å². The van der Waals surface area contributed by atoms with E-state index in [0.717, 1.165) is 6.42 Å². The number of nitrogens with zero attached hydrogens (tertiary/aromatic N) is 4. The van der Waals surface area contributed by atoms with Crippen molar-refractivity contribution < 1.29 is 23.8 Å². The molecule has 0 aliphatic heterocycles. The van der Waals surface area contributed by atoms with Gasteiger partial charge in [0.1, 0.15) is 23.9 Å². The lowest BCUT2D eigenvalue weighted by atomic mass is 10.0. The molecule has 10 heteroatoms. The molecule has 0 radical (unpaired) electrons. The Morgan fingerprint density at radius 3 is 2.33 bits per heavy atom. The monoisotopic (exact) mass is 545 g/mol. The topological polar surface area (TPSA) is 108 Å². The zero-order valence-electron chi connectivity index (χ0n) is 23.5. The number of amides is 2. The Labute approximate surface area is 233 Å². The van der Waals surface area contributed by atoms with E-state index in [-0.39, 0.29) is 18.4 Å². The molecule has 0 aliphatic rings. The SMILES string of the molecule is COc1ccc([C@H](C(=O)NCCC(C)C)N(C(=O)Cn2nnc3ccccc32)c2ccccc2OC)cc1OC. The lowest BCUT2D eigenvalue weighted by Gasteiger charge is -2.32. The van der Waals surface area contributed by atoms with Gasteiger partial charge in [-0.15, -0.1) is 5.10 Å². The summed E-state index contributed by atoms with van der Waals surface area (Å²) in [4.78, 5) is 29.7. The molecule has 1 N–H and O–H groups in total. The third-order valence-corrected chi connectivity index (χ3v) is 6.57. The first-order valence-electron chi connectivity index (χ1n) is 13.1. The standard InChI is InChI=1S/C30H35N5O5/c1-20(2)16-17-31-30(37)29(21-14-15-26(39-4)27(18-21)40-5)35(24-12-8-9-13-25(24)38-3)28(36)19-34-23-11-7-6-10-22(23)32-33-34/h6-15,18,20,29H,16-17,19H2,1-5H3,(H,31,37)/t29-/m1/s1. The van der Waals surface area contributed by atoms with Crippen LogP contribution in [-0.4, -0.2) is 54.7 Å². The summed E-state index contributed by atoms with van der Waals surface area (Å²) in [5.74, 6) is 1.07. The number of nitrogens with one attached hydrogen (secondary N) is 1. The van der Waals surface area contributed by atoms with Gasteiger partial charge < -0.3 is 19.5 Å². The molecule has 0 bridgehead atoms. The quantitative estimate of drug-likeness (QED) is 0.281. The van der Waals surface area contributed by atoms with Crippen molar-refractivity contribution in [3.05, 3.63) is 72.3 Å². The molecule has 2 amide bonds. The van der Waals surface area contributed by atoms with Crippen LogP contribution in [0.5, 0.6) is 17.2 Å². The predicted octanol–water partition coefficient (Wildman–Crippen LogP) is 4.39. The molecule has 1 aromatic heterocycles. The molecule has 4 rings (SSSR count). The average molecular weight is 546 g/mol. The van der Waals surface area contributed by atoms with Gasteiger partial charge in [0.2, 0.25) is 11.8 Å². The molecule has 3 aromatic carbocycles. The van der Waals surface area contributed by atoms with Gasteiger partial charge in [-0.3, -0.25) is 14.5 Å². The number of benzene rings is 3. The van der Waals surface area contributed by atoms with Crippen molar-refractivity contribution in [2.24, 2.45) is 5.92 Å². The predicted molar refractivity (Wildman–Crippen MR) is 153 cm³/mol. The molecule has 10 nitrogen and oxygen atoms in total. The van der Waals surface area contributed by atoms with Gasteiger partial charge >= 0.3 is 0 Å². The maximum absolute atomic E-state index is 14.2. The number of anilines is 1. The van der Waals surface area contributed by atoms with E-state index in [1.54, 1.807) is 43.5 Å². The van der Waals surface area contributed by atoms with Gasteiger partial charge in [-0.2, -0.15) is 0 Å². The van der Waals surface area contributed by atoms with Crippen LogP contribution in [0.25, 0.3) is 11.0 Å². The van der Waals surface area contributed by atoms with E-state index >= 15 is 0 Å². The third kappa shape index (κ3) is 6.17. The third-order valence-electron chi connectivity index (χ3n) is 6.57. The number of aromatic nitrogens is 3. The molecule has 0 saturated heterocycles. The van der Waals surface area contributed by atoms with Crippen LogP contribution in [0.3, 0.4) is 0 Å². The van der Waals surface area contributed by atoms with E-state index in [4.69, 9.17) is 14.2 Å². The van der Waals surface area contributed by atoms with E-state index in [1.807, 2.05) is 30.3 Å². The Morgan fingerprint density at radius 1 is 0.900 bits per heavy atom. The zero-order valence-corrected chi connectivity index (χ0v) is 23.5. The molecule has 0 aliphatic carbocycles. The van der Waals surface area contributed by atoms with Crippen molar-refractivity contribution >= 4 is 28.5 Å². The minimum Gasteiger partial charge on any atom is -0.495 e. The van der Waals surface area contributed by atoms with Crippen molar-refractivity contribution in [3.63, 3.8) is 0 Å². The number of hydrogen-bond donors (Lipinski definition) is 1. The summed E-state index contributed by atoms with van der Waals surface area (Å²) >= 11 is 0. The maximum atomic E-state index is 14.2. The van der Waals surface area contributed by atoms with Crippen LogP contribution in [0, 0.1) is 5.92 Å². The van der Waals surface area contributed by atoms with Gasteiger partial charge in [-0.1, -0.05) is 49.4 Å². The first-order chi connectivity index (χ1) is 19.4. The Morgan fingerprint density at radius 2 is 1.60 bits per heavy atom. The van der Waals surface area contributed by atoms with E-state index in [9.17, 15) is 9.59 Å². The highest BCUT2D eigenvalue weighted by atomic mass is 16.5. The molecule has 40 heavy (non-hydrogen) atoms. The molecule has 4 aromatic rings. The maximum Gasteiger partial charge on any atom is 0.249 e. The number of ether oxygens (including phenoxy) is 3. The van der Waals surface area contributed by atoms with Crippen molar-refractivity contribution in [2.75, 3.05) is 32.8 Å². The Balaban J connectivity index is 1.85. The minimum absolute atomic E-state index is 0.151. The zero-order chi connectivity index (χ0) is 28.6. The van der Waals surface area contributed by atoms with Crippen molar-refractivity contribution in [1.82, 2.24) is 20.3 Å². The van der Waals surface area contributed by atoms with E-state index < -0.39 is 6.04 Å². The largest absolute Gasteiger partial charge is 0.495 e. The number of carbonyl (C=O) groups is 2. The molecule has 1 atom stereocenters. The van der Waals surface area contributed by atoms with Crippen LogP contribution in [0.2, 0.25) is 0 Å². The van der Waals surface area contributed by atoms with Crippen molar-refractivity contribution in [3.8, 4) is 17.2 Å². The first kappa shape index (κ1) is 28.4. The summed E-state index contributed by atoms with van der Waals surface area (Å²) in [6, 6.07) is 18.7. The van der Waals surface area contributed by atoms with Crippen molar-refractivity contribution in [1.29, 1.82) is 0 Å². The highest BCUT2D eigenvalue weighted by Gasteiger charge is 2.35. The normalized spacial score (nSPS) is 11.8. The number of rotatable bonds is 12. The summed E-state index contributed by atoms with van der Waals surface area (Å²) in [6.45, 7) is 4.49. The van der Waals surface area contributed by atoms with E-state index in [0.29, 0.717) is 52.0 Å². The lowest BCUT2D eigenvalue weighted by Crippen LogP contribution is -2.45. The minimum atomic E-state index is -1.05. The lowest BCUT2D eigenvalue weighted by molar-refractivity contribution is -0.127. The second kappa shape index (κ2) is 13.0. The highest BCUT2D eigenvalue weighted by molar-refractivity contribution is 6.02. The molecule has 0 unspecified atom stereocenters. The van der Waals surface area contributed by atoms with Crippen LogP contribution in [-0.2, 0) is 16.1 Å². The van der Waals surface area contributed by atoms with E-state index in [2.05, 4.69) is 29.5 Å². The van der Waals surface area contributed by atoms with Gasteiger partial charge in [0, 0.05) is 6.54 Å². The Bertz CT molecular complexity index is 1470. The highest BCUT2D eigenvalue weighted by Crippen LogP contribution is 2.38. The van der Waals surface area contributed by atoms with Crippen LogP contribution < -0.4 is 24.4 Å². The van der Waals surface area contributed by atoms with Gasteiger partial charge in [0.05, 0.1) is 32.5 Å². The van der Waals surface area contributed by atoms with Gasteiger partial charge in [0.25, 0.3) is 0 Å². The smallest absolute Gasteiger partial charge is 0.249 e. The number of fused-ring (bicyclic) bond motifs is 1. The average Bonchev–Trinajstić information content (AvgIpc) is 3.37. The molecule has 0 fully saturated rings. The fourth-order valence-corrected chi connectivity index (χ4v) is 4.51. The first-order valence-corrected chi connectivity index (χ1v) is 13.1. The molecule has 0 spiro atoms. The number of hydrogen-bond acceptors (Lipinski definition) is 7. The molecular weight excluding hydrogens is 510 g/mol. The second-order valence-corrected chi connectivity index (χ2v) is 9.66. The summed E-state index contributed by atoms with van der Waals surface area (Å²) in [5.41, 5.74) is 2.36. The van der Waals surface area contributed by atoms with Crippen LogP contribution in [0.1, 0.15) is 31.9 Å². The summed E-state index contributed by atoms with van der Waals surface area (Å²) < 4.78 is 18.1. The molecule has 1 heterocycles. The van der Waals surface area contributed by atoms with Gasteiger partial charge in [0.15, 0.2) is 11.5 Å². The Hall–Kier alpha value is -4.60. The van der Waals surface area contributed by atoms with Crippen molar-refractivity contribution in [2.45, 2.75) is 32.9 Å². The second-order valence-electron chi connectivity index (χ2n) is 9.66. The van der Waals surface area contributed by atoms with Gasteiger partial charge in [-0.05, 0) is 54.3 Å². The van der Waals surface area contributed by atoms with E-state index in [1.165, 1.54) is 23.8 Å². The fraction of sp³-hybridized carbons (Fsp3) is 0.333. The summed E-state index contributed by atoms with van der Waals surface area (Å²) in [7, 11) is 4.60. The van der Waals surface area contributed by atoms with Crippen LogP contribution in [0.15, 0.2) is 66.7 Å². The van der Waals surface area contributed by atoms with Crippen LogP contribution >= 0.6 is 0 Å². The number of para-hydroxylation sites is 3. The molecular formula is C30H35N5O5. The Kier molecular flexibility index (Phi) is 9.21.